The highest BCUT2D eigenvalue weighted by molar-refractivity contribution is 6.29. The molecule has 2 aromatic rings. The molecule has 18 heavy (non-hydrogen) atoms. The Balaban J connectivity index is 2.32. The molecule has 0 radical (unpaired) electrons. The second-order valence-corrected chi connectivity index (χ2v) is 3.80. The summed E-state index contributed by atoms with van der Waals surface area (Å²) >= 11 is 5.80. The van der Waals surface area contributed by atoms with Crippen LogP contribution in [0.4, 0.5) is 11.5 Å². The van der Waals surface area contributed by atoms with Gasteiger partial charge < -0.3 is 14.8 Å². The van der Waals surface area contributed by atoms with Gasteiger partial charge in [0.1, 0.15) is 28.8 Å². The molecule has 0 aliphatic rings. The quantitative estimate of drug-likeness (QED) is 0.862. The molecule has 0 spiro atoms. The number of nitrogens with zero attached hydrogens (tertiary/aromatic N) is 2. The maximum absolute atomic E-state index is 5.80. The molecule has 1 heterocycles. The zero-order valence-corrected chi connectivity index (χ0v) is 10.7. The summed E-state index contributed by atoms with van der Waals surface area (Å²) in [5.74, 6) is 1.99. The van der Waals surface area contributed by atoms with E-state index in [0.717, 1.165) is 11.4 Å². The van der Waals surface area contributed by atoms with Crippen molar-refractivity contribution in [3.8, 4) is 11.5 Å². The number of halogens is 1. The van der Waals surface area contributed by atoms with Crippen LogP contribution in [0, 0.1) is 0 Å². The van der Waals surface area contributed by atoms with Crippen molar-refractivity contribution in [2.45, 2.75) is 0 Å². The molecule has 1 aromatic heterocycles. The molecule has 2 rings (SSSR count). The average molecular weight is 266 g/mol. The molecule has 6 heteroatoms. The predicted octanol–water partition coefficient (Wildman–Crippen LogP) is 2.89. The maximum Gasteiger partial charge on any atom is 0.142 e. The van der Waals surface area contributed by atoms with E-state index < -0.39 is 0 Å². The second kappa shape index (κ2) is 5.55. The lowest BCUT2D eigenvalue weighted by atomic mass is 10.2. The largest absolute Gasteiger partial charge is 0.497 e. The van der Waals surface area contributed by atoms with E-state index in [1.54, 1.807) is 20.3 Å². The molecule has 0 saturated heterocycles. The lowest BCUT2D eigenvalue weighted by Crippen LogP contribution is -1.97. The second-order valence-electron chi connectivity index (χ2n) is 3.42. The molecular weight excluding hydrogens is 254 g/mol. The molecule has 0 unspecified atom stereocenters. The van der Waals surface area contributed by atoms with Crippen LogP contribution in [0.1, 0.15) is 0 Å². The van der Waals surface area contributed by atoms with Gasteiger partial charge in [0.05, 0.1) is 19.9 Å². The summed E-state index contributed by atoms with van der Waals surface area (Å²) in [7, 11) is 3.20. The van der Waals surface area contributed by atoms with Gasteiger partial charge in [-0.2, -0.15) is 0 Å². The highest BCUT2D eigenvalue weighted by Crippen LogP contribution is 2.31. The fraction of sp³-hybridized carbons (Fsp3) is 0.167. The van der Waals surface area contributed by atoms with Gasteiger partial charge in [-0.25, -0.2) is 9.97 Å². The van der Waals surface area contributed by atoms with Gasteiger partial charge >= 0.3 is 0 Å². The first kappa shape index (κ1) is 12.4. The van der Waals surface area contributed by atoms with Gasteiger partial charge in [-0.3, -0.25) is 0 Å². The van der Waals surface area contributed by atoms with Crippen molar-refractivity contribution < 1.29 is 9.47 Å². The van der Waals surface area contributed by atoms with Crippen LogP contribution < -0.4 is 14.8 Å². The zero-order valence-electron chi connectivity index (χ0n) is 9.98. The minimum atomic E-state index is 0.370. The smallest absolute Gasteiger partial charge is 0.142 e. The van der Waals surface area contributed by atoms with E-state index in [4.69, 9.17) is 21.1 Å². The summed E-state index contributed by atoms with van der Waals surface area (Å²) in [6.07, 6.45) is 1.39. The highest BCUT2D eigenvalue weighted by atomic mass is 35.5. The number of nitrogens with one attached hydrogen (secondary N) is 1. The normalized spacial score (nSPS) is 9.94. The molecule has 1 aromatic carbocycles. The van der Waals surface area contributed by atoms with Crippen LogP contribution >= 0.6 is 11.6 Å². The molecule has 5 nitrogen and oxygen atoms in total. The van der Waals surface area contributed by atoms with Gasteiger partial charge in [0, 0.05) is 12.1 Å². The Hall–Kier alpha value is -2.01. The number of benzene rings is 1. The van der Waals surface area contributed by atoms with Gasteiger partial charge in [0.2, 0.25) is 0 Å². The summed E-state index contributed by atoms with van der Waals surface area (Å²) in [6.45, 7) is 0. The number of aromatic nitrogens is 2. The van der Waals surface area contributed by atoms with E-state index in [2.05, 4.69) is 15.3 Å². The maximum atomic E-state index is 5.80. The number of hydrogen-bond acceptors (Lipinski definition) is 5. The third kappa shape index (κ3) is 2.81. The average Bonchev–Trinajstić information content (AvgIpc) is 2.38. The summed E-state index contributed by atoms with van der Waals surface area (Å²) in [4.78, 5) is 7.88. The number of anilines is 2. The van der Waals surface area contributed by atoms with Crippen molar-refractivity contribution in [2.24, 2.45) is 0 Å². The van der Waals surface area contributed by atoms with Crippen molar-refractivity contribution in [2.75, 3.05) is 19.5 Å². The fourth-order valence-corrected chi connectivity index (χ4v) is 1.60. The van der Waals surface area contributed by atoms with Gasteiger partial charge in [-0.05, 0) is 12.1 Å². The van der Waals surface area contributed by atoms with E-state index in [-0.39, 0.29) is 0 Å². The van der Waals surface area contributed by atoms with E-state index in [9.17, 15) is 0 Å². The molecule has 0 fully saturated rings. The van der Waals surface area contributed by atoms with E-state index >= 15 is 0 Å². The summed E-state index contributed by atoms with van der Waals surface area (Å²) < 4.78 is 10.4. The SMILES string of the molecule is COc1ccc(OC)c(Nc2cc(Cl)ncn2)c1. The van der Waals surface area contributed by atoms with Crippen LogP contribution in [0.2, 0.25) is 5.15 Å². The third-order valence-electron chi connectivity index (χ3n) is 2.30. The molecule has 0 aliphatic carbocycles. The van der Waals surface area contributed by atoms with Gasteiger partial charge in [0.25, 0.3) is 0 Å². The monoisotopic (exact) mass is 265 g/mol. The van der Waals surface area contributed by atoms with Crippen LogP contribution in [0.3, 0.4) is 0 Å². The molecule has 94 valence electrons. The minimum Gasteiger partial charge on any atom is -0.497 e. The molecule has 0 atom stereocenters. The van der Waals surface area contributed by atoms with Crippen molar-refractivity contribution in [1.29, 1.82) is 0 Å². The summed E-state index contributed by atoms with van der Waals surface area (Å²) in [5.41, 5.74) is 0.742. The Morgan fingerprint density at radius 2 is 1.94 bits per heavy atom. The Labute approximate surface area is 110 Å². The van der Waals surface area contributed by atoms with Crippen LogP contribution in [0.25, 0.3) is 0 Å². The first-order chi connectivity index (χ1) is 8.72. The van der Waals surface area contributed by atoms with Gasteiger partial charge in [0.15, 0.2) is 0 Å². The number of rotatable bonds is 4. The number of ether oxygens (including phenoxy) is 2. The Bertz CT molecular complexity index is 549. The fourth-order valence-electron chi connectivity index (χ4n) is 1.45. The molecule has 0 amide bonds. The predicted molar refractivity (Wildman–Crippen MR) is 69.9 cm³/mol. The first-order valence-electron chi connectivity index (χ1n) is 5.19. The van der Waals surface area contributed by atoms with Crippen molar-refractivity contribution in [3.05, 3.63) is 35.7 Å². The van der Waals surface area contributed by atoms with Crippen LogP contribution in [0.15, 0.2) is 30.6 Å². The summed E-state index contributed by atoms with van der Waals surface area (Å²) in [6, 6.07) is 7.07. The number of methoxy groups -OCH3 is 2. The molecule has 1 N–H and O–H groups in total. The lowest BCUT2D eigenvalue weighted by molar-refractivity contribution is 0.405. The van der Waals surface area contributed by atoms with E-state index in [1.165, 1.54) is 6.33 Å². The van der Waals surface area contributed by atoms with Crippen molar-refractivity contribution in [3.63, 3.8) is 0 Å². The highest BCUT2D eigenvalue weighted by Gasteiger charge is 2.06. The van der Waals surface area contributed by atoms with Crippen molar-refractivity contribution >= 4 is 23.1 Å². The Kier molecular flexibility index (Phi) is 3.84. The standard InChI is InChI=1S/C12H12ClN3O2/c1-17-8-3-4-10(18-2)9(5-8)16-12-6-11(13)14-7-15-12/h3-7H,1-2H3,(H,14,15,16). The molecule has 0 aliphatic heterocycles. The number of hydrogen-bond donors (Lipinski definition) is 1. The van der Waals surface area contributed by atoms with Crippen molar-refractivity contribution in [1.82, 2.24) is 9.97 Å². The van der Waals surface area contributed by atoms with Gasteiger partial charge in [-0.15, -0.1) is 0 Å². The summed E-state index contributed by atoms with van der Waals surface area (Å²) in [5, 5.41) is 3.47. The van der Waals surface area contributed by atoms with Crippen LogP contribution in [0.5, 0.6) is 11.5 Å². The molecule has 0 bridgehead atoms. The topological polar surface area (TPSA) is 56.3 Å². The molecule has 0 saturated carbocycles. The zero-order chi connectivity index (χ0) is 13.0. The Morgan fingerprint density at radius 1 is 1.11 bits per heavy atom. The van der Waals surface area contributed by atoms with Crippen LogP contribution in [-0.2, 0) is 0 Å². The lowest BCUT2D eigenvalue weighted by Gasteiger charge is -2.11. The first-order valence-corrected chi connectivity index (χ1v) is 5.57. The Morgan fingerprint density at radius 3 is 2.61 bits per heavy atom. The van der Waals surface area contributed by atoms with E-state index in [1.807, 2.05) is 18.2 Å². The van der Waals surface area contributed by atoms with E-state index in [0.29, 0.717) is 16.7 Å². The minimum absolute atomic E-state index is 0.370. The third-order valence-corrected chi connectivity index (χ3v) is 2.51. The van der Waals surface area contributed by atoms with Gasteiger partial charge in [-0.1, -0.05) is 11.6 Å². The van der Waals surface area contributed by atoms with Crippen LogP contribution in [-0.4, -0.2) is 24.2 Å². The molecular formula is C12H12ClN3O2.